The lowest BCUT2D eigenvalue weighted by Gasteiger charge is -2.22. The lowest BCUT2D eigenvalue weighted by Crippen LogP contribution is -2.27. The predicted molar refractivity (Wildman–Crippen MR) is 56.6 cm³/mol. The Balaban J connectivity index is 0. The second kappa shape index (κ2) is 4.64. The van der Waals surface area contributed by atoms with E-state index in [2.05, 4.69) is 0 Å². The molecule has 0 bridgehead atoms. The highest BCUT2D eigenvalue weighted by Crippen LogP contribution is 2.19. The highest BCUT2D eigenvalue weighted by molar-refractivity contribution is 5.75. The molecule has 2 heteroatoms. The van der Waals surface area contributed by atoms with Gasteiger partial charge in [-0.2, -0.15) is 0 Å². The van der Waals surface area contributed by atoms with Crippen molar-refractivity contribution in [3.05, 3.63) is 0 Å². The first-order chi connectivity index (χ1) is 5.13. The second-order valence-electron chi connectivity index (χ2n) is 5.39. The summed E-state index contributed by atoms with van der Waals surface area (Å²) in [6.45, 7) is 12.2. The van der Waals surface area contributed by atoms with Gasteiger partial charge in [-0.25, -0.2) is 0 Å². The van der Waals surface area contributed by atoms with Gasteiger partial charge in [0.2, 0.25) is 0 Å². The monoisotopic (exact) mass is 188 g/mol. The molecule has 0 saturated carbocycles. The van der Waals surface area contributed by atoms with Crippen LogP contribution in [0.1, 0.15) is 49.0 Å². The maximum atomic E-state index is 11.3. The minimum Gasteiger partial charge on any atom is -0.465 e. The lowest BCUT2D eigenvalue weighted by molar-refractivity contribution is -0.155. The third-order valence-corrected chi connectivity index (χ3v) is 1.25. The maximum absolute atomic E-state index is 11.3. The molecule has 0 aromatic heterocycles. The molecule has 0 aliphatic carbocycles. The summed E-state index contributed by atoms with van der Waals surface area (Å²) in [5.74, 6) is -0.127. The van der Waals surface area contributed by atoms with Gasteiger partial charge in [0.1, 0.15) is 0 Å². The van der Waals surface area contributed by atoms with Crippen molar-refractivity contribution in [1.82, 2.24) is 0 Å². The van der Waals surface area contributed by atoms with Crippen molar-refractivity contribution in [2.24, 2.45) is 10.8 Å². The van der Waals surface area contributed by atoms with Gasteiger partial charge in [-0.05, 0) is 26.2 Å². The van der Waals surface area contributed by atoms with E-state index in [-0.39, 0.29) is 24.2 Å². The average molecular weight is 188 g/mol. The molecule has 0 aliphatic heterocycles. The zero-order valence-corrected chi connectivity index (χ0v) is 9.02. The number of carbonyl (C=O) groups excluding carboxylic acids is 1. The van der Waals surface area contributed by atoms with Crippen LogP contribution < -0.4 is 0 Å². The molecule has 0 unspecified atom stereocenters. The predicted octanol–water partition coefficient (Wildman–Crippen LogP) is 3.26. The number of esters is 1. The van der Waals surface area contributed by atoms with Crippen molar-refractivity contribution in [3.8, 4) is 0 Å². The number of hydrogen-bond acceptors (Lipinski definition) is 2. The first-order valence-corrected chi connectivity index (χ1v) is 4.30. The Morgan fingerprint density at radius 1 is 1.08 bits per heavy atom. The van der Waals surface area contributed by atoms with Gasteiger partial charge in [-0.3, -0.25) is 4.79 Å². The molecule has 0 radical (unpaired) electrons. The fourth-order valence-electron chi connectivity index (χ4n) is 0.499. The molecule has 0 fully saturated rings. The SMILES string of the molecule is C.CC(C)(C)COC(=O)C(C)(C)C. The van der Waals surface area contributed by atoms with Crippen molar-refractivity contribution < 1.29 is 9.53 Å². The van der Waals surface area contributed by atoms with Gasteiger partial charge < -0.3 is 4.74 Å². The highest BCUT2D eigenvalue weighted by atomic mass is 16.5. The first-order valence-electron chi connectivity index (χ1n) is 4.30. The largest absolute Gasteiger partial charge is 0.465 e. The smallest absolute Gasteiger partial charge is 0.311 e. The standard InChI is InChI=1S/C10H20O2.CH4/c1-9(2,3)7-12-8(11)10(4,5)6;/h7H2,1-6H3;1H4. The van der Waals surface area contributed by atoms with E-state index in [4.69, 9.17) is 4.74 Å². The van der Waals surface area contributed by atoms with Crippen LogP contribution in [0.3, 0.4) is 0 Å². The van der Waals surface area contributed by atoms with Gasteiger partial charge in [0, 0.05) is 0 Å². The summed E-state index contributed by atoms with van der Waals surface area (Å²) < 4.78 is 5.13. The van der Waals surface area contributed by atoms with Crippen LogP contribution in [0.25, 0.3) is 0 Å². The van der Waals surface area contributed by atoms with Crippen LogP contribution in [-0.2, 0) is 9.53 Å². The Bertz CT molecular complexity index is 158. The fourth-order valence-corrected chi connectivity index (χ4v) is 0.499. The van der Waals surface area contributed by atoms with E-state index < -0.39 is 0 Å². The molecular weight excluding hydrogens is 164 g/mol. The number of carbonyl (C=O) groups is 1. The minimum absolute atomic E-state index is 0. The van der Waals surface area contributed by atoms with Crippen molar-refractivity contribution in [3.63, 3.8) is 0 Å². The van der Waals surface area contributed by atoms with Crippen LogP contribution >= 0.6 is 0 Å². The van der Waals surface area contributed by atoms with Gasteiger partial charge >= 0.3 is 5.97 Å². The Morgan fingerprint density at radius 2 is 1.46 bits per heavy atom. The Labute approximate surface area is 82.7 Å². The Hall–Kier alpha value is -0.530. The third kappa shape index (κ3) is 7.82. The van der Waals surface area contributed by atoms with E-state index in [1.807, 2.05) is 41.5 Å². The van der Waals surface area contributed by atoms with E-state index in [0.717, 1.165) is 0 Å². The molecule has 0 N–H and O–H groups in total. The van der Waals surface area contributed by atoms with Gasteiger partial charge in [-0.1, -0.05) is 28.2 Å². The Kier molecular flexibility index (Phi) is 5.34. The zero-order valence-electron chi connectivity index (χ0n) is 9.02. The van der Waals surface area contributed by atoms with Crippen molar-refractivity contribution in [1.29, 1.82) is 0 Å². The zero-order chi connectivity index (χ0) is 9.99. The number of ether oxygens (including phenoxy) is 1. The molecule has 0 amide bonds. The summed E-state index contributed by atoms with van der Waals surface area (Å²) in [6.07, 6.45) is 0. The van der Waals surface area contributed by atoms with Gasteiger partial charge in [0.05, 0.1) is 12.0 Å². The van der Waals surface area contributed by atoms with Gasteiger partial charge in [-0.15, -0.1) is 0 Å². The summed E-state index contributed by atoms with van der Waals surface area (Å²) in [5.41, 5.74) is -0.327. The third-order valence-electron chi connectivity index (χ3n) is 1.25. The van der Waals surface area contributed by atoms with Crippen LogP contribution in [0.5, 0.6) is 0 Å². The van der Waals surface area contributed by atoms with Crippen LogP contribution in [0.2, 0.25) is 0 Å². The van der Waals surface area contributed by atoms with Gasteiger partial charge in [0.25, 0.3) is 0 Å². The van der Waals surface area contributed by atoms with E-state index in [9.17, 15) is 4.79 Å². The molecule has 0 aromatic carbocycles. The quantitative estimate of drug-likeness (QED) is 0.590. The fraction of sp³-hybridized carbons (Fsp3) is 0.909. The molecule has 0 rings (SSSR count). The molecule has 0 aromatic rings. The summed E-state index contributed by atoms with van der Waals surface area (Å²) in [6, 6.07) is 0. The molecule has 0 saturated heterocycles. The molecule has 0 spiro atoms. The normalized spacial score (nSPS) is 11.8. The van der Waals surface area contributed by atoms with Crippen LogP contribution in [0.4, 0.5) is 0 Å². The minimum atomic E-state index is -0.384. The van der Waals surface area contributed by atoms with Crippen LogP contribution in [0, 0.1) is 10.8 Å². The molecule has 80 valence electrons. The molecule has 2 nitrogen and oxygen atoms in total. The summed E-state index contributed by atoms with van der Waals surface area (Å²) in [4.78, 5) is 11.3. The van der Waals surface area contributed by atoms with Crippen LogP contribution in [0.15, 0.2) is 0 Å². The molecular formula is C11H24O2. The van der Waals surface area contributed by atoms with Crippen molar-refractivity contribution >= 4 is 5.97 Å². The lowest BCUT2D eigenvalue weighted by atomic mass is 9.96. The Morgan fingerprint density at radius 3 is 1.69 bits per heavy atom. The molecule has 13 heavy (non-hydrogen) atoms. The first kappa shape index (κ1) is 15.0. The van der Waals surface area contributed by atoms with E-state index >= 15 is 0 Å². The topological polar surface area (TPSA) is 26.3 Å². The molecule has 0 atom stereocenters. The van der Waals surface area contributed by atoms with E-state index in [1.54, 1.807) is 0 Å². The summed E-state index contributed by atoms with van der Waals surface area (Å²) in [5, 5.41) is 0. The summed E-state index contributed by atoms with van der Waals surface area (Å²) in [7, 11) is 0. The summed E-state index contributed by atoms with van der Waals surface area (Å²) >= 11 is 0. The molecule has 0 heterocycles. The van der Waals surface area contributed by atoms with E-state index in [1.165, 1.54) is 0 Å². The highest BCUT2D eigenvalue weighted by Gasteiger charge is 2.24. The van der Waals surface area contributed by atoms with E-state index in [0.29, 0.717) is 6.61 Å². The average Bonchev–Trinajstić information content (AvgIpc) is 1.78. The number of rotatable bonds is 1. The van der Waals surface area contributed by atoms with Crippen LogP contribution in [-0.4, -0.2) is 12.6 Å². The van der Waals surface area contributed by atoms with Crippen molar-refractivity contribution in [2.45, 2.75) is 49.0 Å². The maximum Gasteiger partial charge on any atom is 0.311 e. The second-order valence-corrected chi connectivity index (χ2v) is 5.39. The molecule has 0 aliphatic rings. The van der Waals surface area contributed by atoms with Crippen molar-refractivity contribution in [2.75, 3.05) is 6.61 Å². The van der Waals surface area contributed by atoms with Gasteiger partial charge in [0.15, 0.2) is 0 Å². The number of hydrogen-bond donors (Lipinski definition) is 0.